The molecule has 10 nitrogen and oxygen atoms in total. The number of carbonyl (C=O) groups excluding carboxylic acids is 5. The van der Waals surface area contributed by atoms with E-state index in [-0.39, 0.29) is 54.0 Å². The lowest BCUT2D eigenvalue weighted by molar-refractivity contribution is -0.151. The minimum absolute atomic E-state index is 0.0153. The number of piperidine rings is 2. The Hall–Kier alpha value is -2.49. The lowest BCUT2D eigenvalue weighted by atomic mass is 9.92. The maximum atomic E-state index is 12.6. The number of hydrogen-bond acceptors (Lipinski definition) is 7. The van der Waals surface area contributed by atoms with Gasteiger partial charge < -0.3 is 19.9 Å². The van der Waals surface area contributed by atoms with E-state index in [1.165, 1.54) is 6.92 Å². The van der Waals surface area contributed by atoms with Crippen molar-refractivity contribution in [1.82, 2.24) is 20.0 Å². The van der Waals surface area contributed by atoms with Crippen LogP contribution in [0.1, 0.15) is 52.4 Å². The molecular formula is C24H40N4O6. The maximum Gasteiger partial charge on any atom is 0.323 e. The van der Waals surface area contributed by atoms with Crippen LogP contribution in [0, 0.1) is 11.8 Å². The van der Waals surface area contributed by atoms with Crippen molar-refractivity contribution in [2.75, 3.05) is 53.4 Å². The van der Waals surface area contributed by atoms with Gasteiger partial charge in [0, 0.05) is 40.2 Å². The van der Waals surface area contributed by atoms with Gasteiger partial charge in [-0.15, -0.1) is 0 Å². The van der Waals surface area contributed by atoms with E-state index >= 15 is 0 Å². The summed E-state index contributed by atoms with van der Waals surface area (Å²) in [7, 11) is 3.53. The largest absolute Gasteiger partial charge is 0.457 e. The molecule has 0 spiro atoms. The normalized spacial score (nSPS) is 25.1. The van der Waals surface area contributed by atoms with Gasteiger partial charge >= 0.3 is 5.97 Å². The summed E-state index contributed by atoms with van der Waals surface area (Å²) >= 11 is 0. The van der Waals surface area contributed by atoms with Crippen molar-refractivity contribution in [2.45, 2.75) is 58.4 Å². The lowest BCUT2D eigenvalue weighted by Crippen LogP contribution is -2.50. The van der Waals surface area contributed by atoms with Gasteiger partial charge in [-0.25, -0.2) is 0 Å². The van der Waals surface area contributed by atoms with Gasteiger partial charge in [-0.05, 0) is 59.0 Å². The quantitative estimate of drug-likeness (QED) is 0.568. The van der Waals surface area contributed by atoms with Gasteiger partial charge in [-0.2, -0.15) is 0 Å². The molecule has 0 saturated carbocycles. The number of hydrogen-bond donors (Lipinski definition) is 1. The van der Waals surface area contributed by atoms with Gasteiger partial charge in [0.1, 0.15) is 12.6 Å². The fraction of sp³-hybridized carbons (Fsp3) is 0.792. The second-order valence-corrected chi connectivity index (χ2v) is 9.49. The average Bonchev–Trinajstić information content (AvgIpc) is 3.28. The number of carbonyl (C=O) groups is 5. The van der Waals surface area contributed by atoms with Gasteiger partial charge in [0.15, 0.2) is 5.78 Å². The summed E-state index contributed by atoms with van der Waals surface area (Å²) in [6.45, 7) is 6.30. The minimum Gasteiger partial charge on any atom is -0.457 e. The molecule has 1 N–H and O–H groups in total. The number of Topliss-reactive ketones (excluding diaryl/α,β-unsaturated/α-hetero) is 1. The fourth-order valence-corrected chi connectivity index (χ4v) is 4.80. The molecular weight excluding hydrogens is 440 g/mol. The Kier molecular flexibility index (Phi) is 10.9. The Balaban J connectivity index is 0.000000270. The van der Waals surface area contributed by atoms with E-state index in [0.29, 0.717) is 13.1 Å². The number of nitrogens with one attached hydrogen (secondary N) is 1. The Labute approximate surface area is 202 Å². The zero-order valence-corrected chi connectivity index (χ0v) is 21.0. The number of nitrogens with zero attached hydrogens (tertiary/aromatic N) is 3. The van der Waals surface area contributed by atoms with Crippen molar-refractivity contribution >= 4 is 29.5 Å². The van der Waals surface area contributed by atoms with Crippen molar-refractivity contribution in [3.8, 4) is 0 Å². The molecule has 3 heterocycles. The highest BCUT2D eigenvalue weighted by atomic mass is 16.5. The van der Waals surface area contributed by atoms with E-state index in [9.17, 15) is 24.0 Å². The molecule has 0 aromatic rings. The number of likely N-dealkylation sites (tertiary alicyclic amines) is 3. The lowest BCUT2D eigenvalue weighted by Gasteiger charge is -2.37. The number of amides is 3. The van der Waals surface area contributed by atoms with Crippen LogP contribution in [0.4, 0.5) is 0 Å². The third-order valence-electron chi connectivity index (χ3n) is 6.78. The molecule has 0 radical (unpaired) electrons. The first kappa shape index (κ1) is 27.8. The molecule has 0 aliphatic carbocycles. The molecule has 3 amide bonds. The second-order valence-electron chi connectivity index (χ2n) is 9.49. The van der Waals surface area contributed by atoms with E-state index in [0.717, 1.165) is 58.2 Å². The Morgan fingerprint density at radius 1 is 0.853 bits per heavy atom. The predicted octanol–water partition coefficient (Wildman–Crippen LogP) is 0.442. The van der Waals surface area contributed by atoms with Crippen molar-refractivity contribution in [3.05, 3.63) is 0 Å². The van der Waals surface area contributed by atoms with E-state index in [1.807, 2.05) is 16.8 Å². The highest BCUT2D eigenvalue weighted by Crippen LogP contribution is 2.23. The third kappa shape index (κ3) is 8.07. The fourth-order valence-electron chi connectivity index (χ4n) is 4.80. The van der Waals surface area contributed by atoms with Gasteiger partial charge in [-0.3, -0.25) is 28.9 Å². The molecule has 34 heavy (non-hydrogen) atoms. The van der Waals surface area contributed by atoms with Crippen LogP contribution in [0.2, 0.25) is 0 Å². The standard InChI is InChI=1S/C15H25N3O3.C9H15NO3/c1-11(19)17-7-4-6-13(10-17)15(21)18-8-3-5-12(9-18)14(20)16-2;1-7(11)6-13-9(12)8-4-3-5-10(8)2/h12-13H,3-10H2,1-2H3,(H,16,20);8H,3-6H2,1-2H3. The minimum atomic E-state index is -0.268. The number of ether oxygens (including phenoxy) is 1. The zero-order valence-electron chi connectivity index (χ0n) is 21.0. The second kappa shape index (κ2) is 13.4. The molecule has 192 valence electrons. The number of ketones is 1. The van der Waals surface area contributed by atoms with Gasteiger partial charge in [0.25, 0.3) is 0 Å². The Morgan fingerprint density at radius 3 is 2.00 bits per heavy atom. The first-order chi connectivity index (χ1) is 16.1. The van der Waals surface area contributed by atoms with Gasteiger partial charge in [0.05, 0.1) is 11.8 Å². The van der Waals surface area contributed by atoms with Crippen LogP contribution in [0.15, 0.2) is 0 Å². The monoisotopic (exact) mass is 480 g/mol. The van der Waals surface area contributed by atoms with Crippen LogP contribution in [0.3, 0.4) is 0 Å². The summed E-state index contributed by atoms with van der Waals surface area (Å²) in [6, 6.07) is -0.139. The van der Waals surface area contributed by atoms with E-state index in [4.69, 9.17) is 4.74 Å². The van der Waals surface area contributed by atoms with Crippen LogP contribution >= 0.6 is 0 Å². The molecule has 0 aromatic heterocycles. The molecule has 10 heteroatoms. The summed E-state index contributed by atoms with van der Waals surface area (Å²) in [5.74, 6) is -0.430. The first-order valence-electron chi connectivity index (χ1n) is 12.3. The number of likely N-dealkylation sites (N-methyl/N-ethyl adjacent to an activating group) is 1. The molecule has 3 unspecified atom stereocenters. The van der Waals surface area contributed by atoms with E-state index in [2.05, 4.69) is 5.32 Å². The summed E-state index contributed by atoms with van der Waals surface area (Å²) < 4.78 is 4.83. The van der Waals surface area contributed by atoms with Crippen molar-refractivity contribution in [3.63, 3.8) is 0 Å². The van der Waals surface area contributed by atoms with E-state index in [1.54, 1.807) is 18.9 Å². The van der Waals surface area contributed by atoms with Crippen LogP contribution in [0.5, 0.6) is 0 Å². The van der Waals surface area contributed by atoms with Crippen molar-refractivity contribution in [2.24, 2.45) is 11.8 Å². The molecule has 3 saturated heterocycles. The predicted molar refractivity (Wildman–Crippen MR) is 126 cm³/mol. The Morgan fingerprint density at radius 2 is 1.44 bits per heavy atom. The summed E-state index contributed by atoms with van der Waals surface area (Å²) in [4.78, 5) is 63.3. The Bertz CT molecular complexity index is 758. The number of esters is 1. The van der Waals surface area contributed by atoms with Crippen LogP contribution in [0.25, 0.3) is 0 Å². The van der Waals surface area contributed by atoms with Crippen LogP contribution in [-0.4, -0.2) is 104 Å². The van der Waals surface area contributed by atoms with Crippen LogP contribution in [-0.2, 0) is 28.7 Å². The molecule has 0 bridgehead atoms. The van der Waals surface area contributed by atoms with Crippen molar-refractivity contribution < 1.29 is 28.7 Å². The molecule has 0 aromatic carbocycles. The molecule has 3 atom stereocenters. The number of rotatable bonds is 5. The SMILES string of the molecule is CC(=O)COC(=O)C1CCCN1C.CNC(=O)C1CCCN(C(=O)C2CCCN(C(C)=O)C2)C1. The molecule has 3 aliphatic heterocycles. The maximum absolute atomic E-state index is 12.6. The average molecular weight is 481 g/mol. The summed E-state index contributed by atoms with van der Waals surface area (Å²) in [5.41, 5.74) is 0. The molecule has 3 aliphatic rings. The smallest absolute Gasteiger partial charge is 0.323 e. The van der Waals surface area contributed by atoms with Crippen LogP contribution < -0.4 is 5.32 Å². The first-order valence-corrected chi connectivity index (χ1v) is 12.3. The highest BCUT2D eigenvalue weighted by molar-refractivity contribution is 5.83. The molecule has 3 fully saturated rings. The van der Waals surface area contributed by atoms with Crippen molar-refractivity contribution in [1.29, 1.82) is 0 Å². The van der Waals surface area contributed by atoms with Gasteiger partial charge in [-0.1, -0.05) is 0 Å². The highest BCUT2D eigenvalue weighted by Gasteiger charge is 2.34. The summed E-state index contributed by atoms with van der Waals surface area (Å²) in [6.07, 6.45) is 5.29. The topological polar surface area (TPSA) is 116 Å². The third-order valence-corrected chi connectivity index (χ3v) is 6.78. The van der Waals surface area contributed by atoms with E-state index < -0.39 is 0 Å². The summed E-state index contributed by atoms with van der Waals surface area (Å²) in [5, 5.41) is 2.67. The zero-order chi connectivity index (χ0) is 25.3. The molecule has 3 rings (SSSR count). The van der Waals surface area contributed by atoms with Gasteiger partial charge in [0.2, 0.25) is 17.7 Å².